The molecule has 2 rings (SSSR count). The Morgan fingerprint density at radius 1 is 1.18 bits per heavy atom. The van der Waals surface area contributed by atoms with Gasteiger partial charge in [0.1, 0.15) is 0 Å². The van der Waals surface area contributed by atoms with E-state index in [4.69, 9.17) is 0 Å². The highest BCUT2D eigenvalue weighted by Crippen LogP contribution is 2.26. The van der Waals surface area contributed by atoms with Crippen molar-refractivity contribution in [2.24, 2.45) is 0 Å². The molecule has 0 aliphatic carbocycles. The number of nitrogens with zero attached hydrogens (tertiary/aromatic N) is 1. The largest absolute Gasteiger partial charge is 0.388 e. The van der Waals surface area contributed by atoms with Crippen LogP contribution < -0.4 is 0 Å². The highest BCUT2D eigenvalue weighted by Gasteiger charge is 2.21. The second kappa shape index (κ2) is 7.61. The van der Waals surface area contributed by atoms with Crippen molar-refractivity contribution >= 4 is 0 Å². The highest BCUT2D eigenvalue weighted by atomic mass is 16.3. The van der Waals surface area contributed by atoms with Crippen LogP contribution in [0.2, 0.25) is 0 Å². The Morgan fingerprint density at radius 3 is 2.45 bits per heavy atom. The van der Waals surface area contributed by atoms with E-state index in [9.17, 15) is 5.11 Å². The topological polar surface area (TPSA) is 23.5 Å². The predicted molar refractivity (Wildman–Crippen MR) is 94.2 cm³/mol. The maximum Gasteiger partial charge on any atom is 0.0802 e. The molecule has 1 aromatic rings. The normalized spacial score (nSPS) is 21.8. The summed E-state index contributed by atoms with van der Waals surface area (Å²) in [5.74, 6) is 0. The quantitative estimate of drug-likeness (QED) is 0.854. The Hall–Kier alpha value is -0.860. The molecule has 2 unspecified atom stereocenters. The molecule has 2 heteroatoms. The van der Waals surface area contributed by atoms with E-state index in [0.717, 1.165) is 24.6 Å². The van der Waals surface area contributed by atoms with Gasteiger partial charge in [-0.2, -0.15) is 0 Å². The molecule has 0 radical (unpaired) electrons. The predicted octanol–water partition coefficient (Wildman–Crippen LogP) is 4.67. The summed E-state index contributed by atoms with van der Waals surface area (Å²) >= 11 is 0. The van der Waals surface area contributed by atoms with Gasteiger partial charge in [0.25, 0.3) is 0 Å². The molecule has 124 valence electrons. The van der Waals surface area contributed by atoms with Gasteiger partial charge in [-0.3, -0.25) is 0 Å². The van der Waals surface area contributed by atoms with E-state index >= 15 is 0 Å². The minimum Gasteiger partial charge on any atom is -0.388 e. The van der Waals surface area contributed by atoms with Gasteiger partial charge < -0.3 is 10.0 Å². The molecule has 0 bridgehead atoms. The van der Waals surface area contributed by atoms with E-state index in [1.165, 1.54) is 37.8 Å². The third-order valence-corrected chi connectivity index (χ3v) is 5.07. The summed E-state index contributed by atoms with van der Waals surface area (Å²) in [4.78, 5) is 2.58. The standard InChI is InChI=1S/C20H33NO/c1-5-18-8-6-7-14-21(18)15-13-19(22)16-9-11-17(12-10-16)20(2,3)4/h9-12,18-19,22H,5-8,13-15H2,1-4H3. The molecule has 22 heavy (non-hydrogen) atoms. The lowest BCUT2D eigenvalue weighted by atomic mass is 9.86. The van der Waals surface area contributed by atoms with E-state index in [1.807, 2.05) is 0 Å². The van der Waals surface area contributed by atoms with Crippen molar-refractivity contribution in [1.29, 1.82) is 0 Å². The fourth-order valence-electron chi connectivity index (χ4n) is 3.48. The molecule has 1 aromatic carbocycles. The first-order valence-electron chi connectivity index (χ1n) is 8.94. The van der Waals surface area contributed by atoms with Crippen LogP contribution in [0.25, 0.3) is 0 Å². The Balaban J connectivity index is 1.90. The van der Waals surface area contributed by atoms with Crippen molar-refractivity contribution in [2.75, 3.05) is 13.1 Å². The lowest BCUT2D eigenvalue weighted by molar-refractivity contribution is 0.101. The van der Waals surface area contributed by atoms with Gasteiger partial charge in [0, 0.05) is 12.6 Å². The summed E-state index contributed by atoms with van der Waals surface area (Å²) in [7, 11) is 0. The first-order valence-corrected chi connectivity index (χ1v) is 8.94. The Bertz CT molecular complexity index is 446. The Labute approximate surface area is 136 Å². The van der Waals surface area contributed by atoms with E-state index in [0.29, 0.717) is 0 Å². The minimum atomic E-state index is -0.339. The number of aliphatic hydroxyl groups is 1. The summed E-state index contributed by atoms with van der Waals surface area (Å²) in [6.07, 6.45) is 5.74. The van der Waals surface area contributed by atoms with Gasteiger partial charge >= 0.3 is 0 Å². The Morgan fingerprint density at radius 2 is 1.86 bits per heavy atom. The molecule has 0 spiro atoms. The average molecular weight is 303 g/mol. The van der Waals surface area contributed by atoms with E-state index in [2.05, 4.69) is 56.9 Å². The molecular weight excluding hydrogens is 270 g/mol. The number of rotatable bonds is 5. The molecule has 1 N–H and O–H groups in total. The van der Waals surface area contributed by atoms with Crippen molar-refractivity contribution in [3.8, 4) is 0 Å². The van der Waals surface area contributed by atoms with Crippen molar-refractivity contribution in [1.82, 2.24) is 4.90 Å². The molecule has 1 saturated heterocycles. The lowest BCUT2D eigenvalue weighted by Crippen LogP contribution is -2.40. The van der Waals surface area contributed by atoms with Crippen LogP contribution in [0.4, 0.5) is 0 Å². The number of aliphatic hydroxyl groups excluding tert-OH is 1. The summed E-state index contributed by atoms with van der Waals surface area (Å²) in [5, 5.41) is 10.5. The summed E-state index contributed by atoms with van der Waals surface area (Å²) in [5.41, 5.74) is 2.55. The van der Waals surface area contributed by atoms with Crippen molar-refractivity contribution in [3.05, 3.63) is 35.4 Å². The van der Waals surface area contributed by atoms with Gasteiger partial charge in [-0.25, -0.2) is 0 Å². The number of hydrogen-bond acceptors (Lipinski definition) is 2. The number of benzene rings is 1. The maximum atomic E-state index is 10.5. The molecule has 0 amide bonds. The smallest absolute Gasteiger partial charge is 0.0802 e. The second-order valence-electron chi connectivity index (χ2n) is 7.77. The van der Waals surface area contributed by atoms with Gasteiger partial charge in [0.05, 0.1) is 6.10 Å². The summed E-state index contributed by atoms with van der Waals surface area (Å²) in [6.45, 7) is 11.2. The zero-order chi connectivity index (χ0) is 16.2. The lowest BCUT2D eigenvalue weighted by Gasteiger charge is -2.35. The summed E-state index contributed by atoms with van der Waals surface area (Å²) < 4.78 is 0. The molecule has 2 atom stereocenters. The van der Waals surface area contributed by atoms with Crippen molar-refractivity contribution in [3.63, 3.8) is 0 Å². The minimum absolute atomic E-state index is 0.172. The van der Waals surface area contributed by atoms with Crippen LogP contribution in [0.1, 0.15) is 77.0 Å². The third-order valence-electron chi connectivity index (χ3n) is 5.07. The molecule has 0 aromatic heterocycles. The number of likely N-dealkylation sites (tertiary alicyclic amines) is 1. The highest BCUT2D eigenvalue weighted by molar-refractivity contribution is 5.28. The number of piperidine rings is 1. The van der Waals surface area contributed by atoms with E-state index < -0.39 is 0 Å². The van der Waals surface area contributed by atoms with Gasteiger partial charge in [0.2, 0.25) is 0 Å². The third kappa shape index (κ3) is 4.57. The fourth-order valence-corrected chi connectivity index (χ4v) is 3.48. The van der Waals surface area contributed by atoms with E-state index in [-0.39, 0.29) is 11.5 Å². The van der Waals surface area contributed by atoms with Crippen LogP contribution in [0, 0.1) is 0 Å². The van der Waals surface area contributed by atoms with Gasteiger partial charge in [-0.15, -0.1) is 0 Å². The van der Waals surface area contributed by atoms with Crippen LogP contribution in [0.15, 0.2) is 24.3 Å². The van der Waals surface area contributed by atoms with Gasteiger partial charge in [-0.1, -0.05) is 58.4 Å². The fraction of sp³-hybridized carbons (Fsp3) is 0.700. The Kier molecular flexibility index (Phi) is 6.05. The maximum absolute atomic E-state index is 10.5. The van der Waals surface area contributed by atoms with Crippen LogP contribution >= 0.6 is 0 Å². The average Bonchev–Trinajstić information content (AvgIpc) is 2.52. The molecule has 0 saturated carbocycles. The van der Waals surface area contributed by atoms with Crippen LogP contribution in [-0.2, 0) is 5.41 Å². The molecular formula is C20H33NO. The van der Waals surface area contributed by atoms with Crippen molar-refractivity contribution < 1.29 is 5.11 Å². The first-order chi connectivity index (χ1) is 10.4. The van der Waals surface area contributed by atoms with Crippen molar-refractivity contribution in [2.45, 2.75) is 77.4 Å². The zero-order valence-electron chi connectivity index (χ0n) is 14.8. The zero-order valence-corrected chi connectivity index (χ0v) is 14.8. The SMILES string of the molecule is CCC1CCCCN1CCC(O)c1ccc(C(C)(C)C)cc1. The van der Waals surface area contributed by atoms with E-state index in [1.54, 1.807) is 0 Å². The number of hydrogen-bond donors (Lipinski definition) is 1. The van der Waals surface area contributed by atoms with Gasteiger partial charge in [0.15, 0.2) is 0 Å². The monoisotopic (exact) mass is 303 g/mol. The first kappa shape index (κ1) is 17.5. The molecule has 1 fully saturated rings. The molecule has 1 aliphatic heterocycles. The van der Waals surface area contributed by atoms with Crippen LogP contribution in [0.3, 0.4) is 0 Å². The molecule has 1 aliphatic rings. The van der Waals surface area contributed by atoms with Crippen LogP contribution in [-0.4, -0.2) is 29.1 Å². The molecule has 2 nitrogen and oxygen atoms in total. The van der Waals surface area contributed by atoms with Crippen LogP contribution in [0.5, 0.6) is 0 Å². The van der Waals surface area contributed by atoms with Gasteiger partial charge in [-0.05, 0) is 48.8 Å². The molecule has 1 heterocycles. The second-order valence-corrected chi connectivity index (χ2v) is 7.77. The summed E-state index contributed by atoms with van der Waals surface area (Å²) in [6, 6.07) is 9.24.